The maximum atomic E-state index is 10.7. The van der Waals surface area contributed by atoms with Crippen LogP contribution in [-0.2, 0) is 9.53 Å². The number of rotatable bonds is 2. The third-order valence-corrected chi connectivity index (χ3v) is 2.59. The maximum Gasteiger partial charge on any atom is 0.306 e. The molecule has 0 aromatic heterocycles. The second-order valence-corrected chi connectivity index (χ2v) is 3.43. The van der Waals surface area contributed by atoms with Crippen molar-refractivity contribution in [3.05, 3.63) is 0 Å². The minimum absolute atomic E-state index is 0.216. The van der Waals surface area contributed by atoms with Gasteiger partial charge in [0.15, 0.2) is 0 Å². The molecule has 0 aromatic carbocycles. The molecule has 1 aliphatic rings. The molecule has 0 aliphatic carbocycles. The van der Waals surface area contributed by atoms with Crippen molar-refractivity contribution in [2.45, 2.75) is 26.2 Å². The number of carbonyl (C=O) groups is 1. The molecule has 0 bridgehead atoms. The Balaban J connectivity index is 2.42. The lowest BCUT2D eigenvalue weighted by atomic mass is 9.88. The van der Waals surface area contributed by atoms with Gasteiger partial charge < -0.3 is 9.84 Å². The molecule has 1 heterocycles. The Morgan fingerprint density at radius 3 is 2.92 bits per heavy atom. The number of carboxylic acids is 1. The first-order chi connectivity index (χ1) is 5.72. The van der Waals surface area contributed by atoms with Crippen molar-refractivity contribution >= 4 is 5.97 Å². The van der Waals surface area contributed by atoms with Gasteiger partial charge in [-0.3, -0.25) is 4.79 Å². The summed E-state index contributed by atoms with van der Waals surface area (Å²) in [5.74, 6) is -0.585. The summed E-state index contributed by atoms with van der Waals surface area (Å²) in [6, 6.07) is 0. The maximum absolute atomic E-state index is 10.7. The van der Waals surface area contributed by atoms with Crippen molar-refractivity contribution in [3.8, 4) is 0 Å². The fraction of sp³-hybridized carbons (Fsp3) is 0.889. The Labute approximate surface area is 72.7 Å². The minimum atomic E-state index is -0.679. The average molecular weight is 172 g/mol. The van der Waals surface area contributed by atoms with Crippen molar-refractivity contribution in [1.29, 1.82) is 0 Å². The molecule has 70 valence electrons. The standard InChI is InChI=1S/C9H16O3/c1-7(9(10)11)8-3-2-5-12-6-4-8/h7-8H,2-6H2,1H3,(H,10,11)/t7-,8?/m1/s1. The summed E-state index contributed by atoms with van der Waals surface area (Å²) >= 11 is 0. The lowest BCUT2D eigenvalue weighted by Crippen LogP contribution is -2.20. The fourth-order valence-corrected chi connectivity index (χ4v) is 1.63. The van der Waals surface area contributed by atoms with Crippen molar-refractivity contribution in [3.63, 3.8) is 0 Å². The van der Waals surface area contributed by atoms with Crippen LogP contribution in [0, 0.1) is 11.8 Å². The molecule has 1 saturated heterocycles. The molecule has 3 nitrogen and oxygen atoms in total. The summed E-state index contributed by atoms with van der Waals surface area (Å²) in [7, 11) is 0. The van der Waals surface area contributed by atoms with Crippen LogP contribution in [0.25, 0.3) is 0 Å². The molecule has 0 saturated carbocycles. The second-order valence-electron chi connectivity index (χ2n) is 3.43. The van der Waals surface area contributed by atoms with E-state index >= 15 is 0 Å². The second kappa shape index (κ2) is 4.45. The molecule has 0 radical (unpaired) electrons. The highest BCUT2D eigenvalue weighted by atomic mass is 16.5. The summed E-state index contributed by atoms with van der Waals surface area (Å²) in [5.41, 5.74) is 0. The van der Waals surface area contributed by atoms with E-state index in [-0.39, 0.29) is 5.92 Å². The van der Waals surface area contributed by atoms with Gasteiger partial charge in [-0.25, -0.2) is 0 Å². The van der Waals surface area contributed by atoms with E-state index in [1.54, 1.807) is 6.92 Å². The molecular formula is C9H16O3. The van der Waals surface area contributed by atoms with E-state index in [2.05, 4.69) is 0 Å². The van der Waals surface area contributed by atoms with Crippen LogP contribution in [0.4, 0.5) is 0 Å². The zero-order chi connectivity index (χ0) is 8.97. The van der Waals surface area contributed by atoms with Crippen LogP contribution in [0.5, 0.6) is 0 Å². The molecule has 0 spiro atoms. The van der Waals surface area contributed by atoms with Gasteiger partial charge in [0, 0.05) is 13.2 Å². The first-order valence-electron chi connectivity index (χ1n) is 4.52. The normalized spacial score (nSPS) is 27.6. The average Bonchev–Trinajstić information content (AvgIpc) is 2.30. The molecule has 12 heavy (non-hydrogen) atoms. The van der Waals surface area contributed by atoms with E-state index in [4.69, 9.17) is 9.84 Å². The highest BCUT2D eigenvalue weighted by Gasteiger charge is 2.24. The lowest BCUT2D eigenvalue weighted by Gasteiger charge is -2.17. The summed E-state index contributed by atoms with van der Waals surface area (Å²) in [6.45, 7) is 3.31. The highest BCUT2D eigenvalue weighted by molar-refractivity contribution is 5.69. The summed E-state index contributed by atoms with van der Waals surface area (Å²) in [5, 5.41) is 8.79. The van der Waals surface area contributed by atoms with Gasteiger partial charge in [-0.1, -0.05) is 6.92 Å². The Morgan fingerprint density at radius 2 is 2.25 bits per heavy atom. The highest BCUT2D eigenvalue weighted by Crippen LogP contribution is 2.23. The van der Waals surface area contributed by atoms with Crippen molar-refractivity contribution in [2.24, 2.45) is 11.8 Å². The van der Waals surface area contributed by atoms with Crippen molar-refractivity contribution in [2.75, 3.05) is 13.2 Å². The number of ether oxygens (including phenoxy) is 1. The molecule has 0 amide bonds. The molecule has 3 heteroatoms. The van der Waals surface area contributed by atoms with Crippen LogP contribution in [0.3, 0.4) is 0 Å². The molecule has 1 unspecified atom stereocenters. The number of aliphatic carboxylic acids is 1. The third-order valence-electron chi connectivity index (χ3n) is 2.59. The molecule has 1 rings (SSSR count). The molecule has 1 aliphatic heterocycles. The number of hydrogen-bond donors (Lipinski definition) is 1. The van der Waals surface area contributed by atoms with E-state index in [0.717, 1.165) is 32.5 Å². The van der Waals surface area contributed by atoms with E-state index in [0.29, 0.717) is 5.92 Å². The van der Waals surface area contributed by atoms with Gasteiger partial charge in [0.05, 0.1) is 5.92 Å². The van der Waals surface area contributed by atoms with Crippen LogP contribution in [0.2, 0.25) is 0 Å². The van der Waals surface area contributed by atoms with E-state index in [1.807, 2.05) is 0 Å². The van der Waals surface area contributed by atoms with Gasteiger partial charge in [0.1, 0.15) is 0 Å². The molecule has 0 aromatic rings. The number of hydrogen-bond acceptors (Lipinski definition) is 2. The fourth-order valence-electron chi connectivity index (χ4n) is 1.63. The molecule has 2 atom stereocenters. The quantitative estimate of drug-likeness (QED) is 0.687. The van der Waals surface area contributed by atoms with E-state index < -0.39 is 5.97 Å². The van der Waals surface area contributed by atoms with Crippen LogP contribution >= 0.6 is 0 Å². The lowest BCUT2D eigenvalue weighted by molar-refractivity contribution is -0.143. The predicted molar refractivity (Wildman–Crippen MR) is 45.0 cm³/mol. The van der Waals surface area contributed by atoms with Gasteiger partial charge >= 0.3 is 5.97 Å². The molecular weight excluding hydrogens is 156 g/mol. The Bertz CT molecular complexity index is 148. The SMILES string of the molecule is C[C@@H](C(=O)O)C1CCCOCC1. The van der Waals surface area contributed by atoms with E-state index in [9.17, 15) is 4.79 Å². The van der Waals surface area contributed by atoms with Crippen LogP contribution < -0.4 is 0 Å². The van der Waals surface area contributed by atoms with Gasteiger partial charge in [-0.15, -0.1) is 0 Å². The largest absolute Gasteiger partial charge is 0.481 e. The van der Waals surface area contributed by atoms with Crippen molar-refractivity contribution < 1.29 is 14.6 Å². The Morgan fingerprint density at radius 1 is 1.50 bits per heavy atom. The first kappa shape index (κ1) is 9.52. The summed E-state index contributed by atoms with van der Waals surface area (Å²) < 4.78 is 5.26. The smallest absolute Gasteiger partial charge is 0.306 e. The van der Waals surface area contributed by atoms with Crippen LogP contribution in [0.1, 0.15) is 26.2 Å². The Kier molecular flexibility index (Phi) is 3.53. The van der Waals surface area contributed by atoms with Gasteiger partial charge in [0.25, 0.3) is 0 Å². The third kappa shape index (κ3) is 2.48. The molecule has 1 N–H and O–H groups in total. The van der Waals surface area contributed by atoms with Crippen LogP contribution in [-0.4, -0.2) is 24.3 Å². The minimum Gasteiger partial charge on any atom is -0.481 e. The predicted octanol–water partition coefficient (Wildman–Crippen LogP) is 1.52. The van der Waals surface area contributed by atoms with Gasteiger partial charge in [-0.2, -0.15) is 0 Å². The van der Waals surface area contributed by atoms with Crippen LogP contribution in [0.15, 0.2) is 0 Å². The van der Waals surface area contributed by atoms with Gasteiger partial charge in [-0.05, 0) is 25.2 Å². The van der Waals surface area contributed by atoms with Crippen molar-refractivity contribution in [1.82, 2.24) is 0 Å². The topological polar surface area (TPSA) is 46.5 Å². The monoisotopic (exact) mass is 172 g/mol. The molecule has 1 fully saturated rings. The zero-order valence-electron chi connectivity index (χ0n) is 7.45. The zero-order valence-corrected chi connectivity index (χ0v) is 7.45. The Hall–Kier alpha value is -0.570. The number of carboxylic acid groups (broad SMARTS) is 1. The van der Waals surface area contributed by atoms with Gasteiger partial charge in [0.2, 0.25) is 0 Å². The summed E-state index contributed by atoms with van der Waals surface area (Å²) in [6.07, 6.45) is 2.89. The first-order valence-corrected chi connectivity index (χ1v) is 4.52. The van der Waals surface area contributed by atoms with E-state index in [1.165, 1.54) is 0 Å². The summed E-state index contributed by atoms with van der Waals surface area (Å²) in [4.78, 5) is 10.7.